The lowest BCUT2D eigenvalue weighted by Crippen LogP contribution is -2.42. The van der Waals surface area contributed by atoms with Gasteiger partial charge in [-0.2, -0.15) is 0 Å². The Morgan fingerprint density at radius 3 is 2.50 bits per heavy atom. The minimum absolute atomic E-state index is 0. The van der Waals surface area contributed by atoms with E-state index in [1.54, 1.807) is 0 Å². The third-order valence-electron chi connectivity index (χ3n) is 5.50. The maximum Gasteiger partial charge on any atom is 0.222 e. The number of rotatable bonds is 5. The Bertz CT molecular complexity index is 602. The number of hydrogen-bond acceptors (Lipinski definition) is 3. The molecule has 2 fully saturated rings. The van der Waals surface area contributed by atoms with Crippen LogP contribution < -0.4 is 5.32 Å². The van der Waals surface area contributed by atoms with E-state index in [1.165, 1.54) is 24.3 Å². The first-order valence-electron chi connectivity index (χ1n) is 9.42. The topological polar surface area (TPSA) is 49.4 Å². The highest BCUT2D eigenvalue weighted by atomic mass is 35.5. The van der Waals surface area contributed by atoms with Gasteiger partial charge in [-0.25, -0.2) is 4.39 Å². The average Bonchev–Trinajstić information content (AvgIpc) is 2.67. The van der Waals surface area contributed by atoms with E-state index in [0.717, 1.165) is 51.7 Å². The van der Waals surface area contributed by atoms with Crippen molar-refractivity contribution in [1.82, 2.24) is 10.2 Å². The molecule has 0 spiro atoms. The fraction of sp³-hybridized carbons (Fsp3) is 0.600. The second-order valence-electron chi connectivity index (χ2n) is 7.28. The lowest BCUT2D eigenvalue weighted by molar-refractivity contribution is -0.133. The van der Waals surface area contributed by atoms with E-state index < -0.39 is 0 Å². The highest BCUT2D eigenvalue weighted by molar-refractivity contribution is 5.98. The minimum Gasteiger partial charge on any atom is -0.342 e. The van der Waals surface area contributed by atoms with Crippen molar-refractivity contribution in [1.29, 1.82) is 0 Å². The average molecular weight is 383 g/mol. The predicted molar refractivity (Wildman–Crippen MR) is 102 cm³/mol. The van der Waals surface area contributed by atoms with Crippen LogP contribution in [0, 0.1) is 17.7 Å². The van der Waals surface area contributed by atoms with Crippen LogP contribution in [0.5, 0.6) is 0 Å². The Balaban J connectivity index is 0.00000243. The van der Waals surface area contributed by atoms with Crippen LogP contribution in [-0.2, 0) is 4.79 Å². The molecule has 1 aromatic carbocycles. The summed E-state index contributed by atoms with van der Waals surface area (Å²) < 4.78 is 13.0. The van der Waals surface area contributed by atoms with Gasteiger partial charge in [0.1, 0.15) is 5.82 Å². The quantitative estimate of drug-likeness (QED) is 0.793. The molecule has 1 N–H and O–H groups in total. The molecule has 2 heterocycles. The standard InChI is InChI=1S/C20H27FN2O2.ClH/c21-18-6-4-16(5-7-18)20(25)17-2-1-13-23(14-17)19(24)8-3-15-9-11-22-12-10-15;/h4-7,15,17,22H,1-3,8-14H2;1H. The molecular formula is C20H28ClFN2O2. The van der Waals surface area contributed by atoms with E-state index in [9.17, 15) is 14.0 Å². The first kappa shape index (κ1) is 20.8. The molecule has 0 aliphatic carbocycles. The molecule has 4 nitrogen and oxygen atoms in total. The van der Waals surface area contributed by atoms with Crippen LogP contribution in [0.4, 0.5) is 4.39 Å². The van der Waals surface area contributed by atoms with E-state index in [-0.39, 0.29) is 35.8 Å². The van der Waals surface area contributed by atoms with Gasteiger partial charge in [0.25, 0.3) is 0 Å². The maximum absolute atomic E-state index is 13.0. The molecule has 0 saturated carbocycles. The number of benzene rings is 1. The van der Waals surface area contributed by atoms with Crippen molar-refractivity contribution in [3.05, 3.63) is 35.6 Å². The number of hydrogen-bond donors (Lipinski definition) is 1. The first-order chi connectivity index (χ1) is 12.1. The SMILES string of the molecule is Cl.O=C(c1ccc(F)cc1)C1CCCN(C(=O)CCC2CCNCC2)C1. The van der Waals surface area contributed by atoms with Crippen molar-refractivity contribution in [3.8, 4) is 0 Å². The Hall–Kier alpha value is -1.46. The zero-order valence-electron chi connectivity index (χ0n) is 15.1. The first-order valence-corrected chi connectivity index (χ1v) is 9.42. The van der Waals surface area contributed by atoms with Crippen LogP contribution in [0.3, 0.4) is 0 Å². The number of carbonyl (C=O) groups is 2. The van der Waals surface area contributed by atoms with Crippen molar-refractivity contribution in [2.24, 2.45) is 11.8 Å². The number of nitrogens with zero attached hydrogens (tertiary/aromatic N) is 1. The Morgan fingerprint density at radius 1 is 1.12 bits per heavy atom. The Kier molecular flexibility index (Phi) is 8.04. The summed E-state index contributed by atoms with van der Waals surface area (Å²) in [6, 6.07) is 5.71. The van der Waals surface area contributed by atoms with Crippen molar-refractivity contribution in [3.63, 3.8) is 0 Å². The summed E-state index contributed by atoms with van der Waals surface area (Å²) in [5, 5.41) is 3.35. The fourth-order valence-electron chi connectivity index (χ4n) is 3.92. The number of Topliss-reactive ketones (excluding diaryl/α,β-unsaturated/α-hetero) is 1. The zero-order valence-corrected chi connectivity index (χ0v) is 15.9. The van der Waals surface area contributed by atoms with Crippen LogP contribution >= 0.6 is 12.4 Å². The zero-order chi connectivity index (χ0) is 17.6. The largest absolute Gasteiger partial charge is 0.342 e. The van der Waals surface area contributed by atoms with E-state index in [2.05, 4.69) is 5.32 Å². The third kappa shape index (κ3) is 5.52. The summed E-state index contributed by atoms with van der Waals surface area (Å²) in [7, 11) is 0. The summed E-state index contributed by atoms with van der Waals surface area (Å²) in [5.41, 5.74) is 0.537. The lowest BCUT2D eigenvalue weighted by atomic mass is 9.89. The van der Waals surface area contributed by atoms with E-state index in [1.807, 2.05) is 4.90 Å². The maximum atomic E-state index is 13.0. The number of ketones is 1. The van der Waals surface area contributed by atoms with Crippen molar-refractivity contribution in [2.75, 3.05) is 26.2 Å². The van der Waals surface area contributed by atoms with Crippen LogP contribution in [0.15, 0.2) is 24.3 Å². The van der Waals surface area contributed by atoms with Crippen molar-refractivity contribution >= 4 is 24.1 Å². The van der Waals surface area contributed by atoms with Gasteiger partial charge in [-0.15, -0.1) is 12.4 Å². The molecule has 2 saturated heterocycles. The molecule has 2 aliphatic heterocycles. The highest BCUT2D eigenvalue weighted by Gasteiger charge is 2.29. The molecule has 6 heteroatoms. The normalized spacial score (nSPS) is 21.1. The van der Waals surface area contributed by atoms with E-state index >= 15 is 0 Å². The molecular weight excluding hydrogens is 355 g/mol. The number of amides is 1. The van der Waals surface area contributed by atoms with Gasteiger partial charge >= 0.3 is 0 Å². The molecule has 0 radical (unpaired) electrons. The summed E-state index contributed by atoms with van der Waals surface area (Å²) in [5.74, 6) is 0.342. The van der Waals surface area contributed by atoms with Crippen LogP contribution in [-0.4, -0.2) is 42.8 Å². The number of halogens is 2. The Morgan fingerprint density at radius 2 is 1.81 bits per heavy atom. The summed E-state index contributed by atoms with van der Waals surface area (Å²) >= 11 is 0. The minimum atomic E-state index is -0.338. The Labute approximate surface area is 160 Å². The van der Waals surface area contributed by atoms with Gasteiger partial charge in [0.05, 0.1) is 0 Å². The van der Waals surface area contributed by atoms with Gasteiger partial charge in [-0.05, 0) is 75.4 Å². The van der Waals surface area contributed by atoms with E-state index in [0.29, 0.717) is 24.4 Å². The van der Waals surface area contributed by atoms with E-state index in [4.69, 9.17) is 0 Å². The lowest BCUT2D eigenvalue weighted by Gasteiger charge is -2.32. The van der Waals surface area contributed by atoms with Gasteiger partial charge in [-0.3, -0.25) is 9.59 Å². The molecule has 144 valence electrons. The second kappa shape index (κ2) is 10.0. The summed E-state index contributed by atoms with van der Waals surface area (Å²) in [6.45, 7) is 3.35. The fourth-order valence-corrected chi connectivity index (χ4v) is 3.92. The van der Waals surface area contributed by atoms with Gasteiger partial charge in [0, 0.05) is 31.0 Å². The molecule has 26 heavy (non-hydrogen) atoms. The van der Waals surface area contributed by atoms with Crippen molar-refractivity contribution in [2.45, 2.75) is 38.5 Å². The van der Waals surface area contributed by atoms with Gasteiger partial charge < -0.3 is 10.2 Å². The third-order valence-corrected chi connectivity index (χ3v) is 5.50. The molecule has 2 aliphatic rings. The summed E-state index contributed by atoms with van der Waals surface area (Å²) in [4.78, 5) is 27.0. The molecule has 3 rings (SSSR count). The smallest absolute Gasteiger partial charge is 0.222 e. The molecule has 0 aromatic heterocycles. The molecule has 1 unspecified atom stereocenters. The van der Waals surface area contributed by atoms with Crippen LogP contribution in [0.25, 0.3) is 0 Å². The van der Waals surface area contributed by atoms with Gasteiger partial charge in [0.2, 0.25) is 5.91 Å². The van der Waals surface area contributed by atoms with Crippen molar-refractivity contribution < 1.29 is 14.0 Å². The van der Waals surface area contributed by atoms with Gasteiger partial charge in [0.15, 0.2) is 5.78 Å². The molecule has 0 bridgehead atoms. The van der Waals surface area contributed by atoms with Crippen LogP contribution in [0.2, 0.25) is 0 Å². The number of carbonyl (C=O) groups excluding carboxylic acids is 2. The summed E-state index contributed by atoms with van der Waals surface area (Å²) in [6.07, 6.45) is 5.50. The monoisotopic (exact) mass is 382 g/mol. The molecule has 1 amide bonds. The highest BCUT2D eigenvalue weighted by Crippen LogP contribution is 2.23. The number of likely N-dealkylation sites (tertiary alicyclic amines) is 1. The predicted octanol–water partition coefficient (Wildman–Crippen LogP) is 3.45. The number of piperidine rings is 2. The molecule has 1 atom stereocenters. The molecule has 1 aromatic rings. The second-order valence-corrected chi connectivity index (χ2v) is 7.28. The van der Waals surface area contributed by atoms with Gasteiger partial charge in [-0.1, -0.05) is 0 Å². The van der Waals surface area contributed by atoms with Crippen LogP contribution in [0.1, 0.15) is 48.9 Å². The number of nitrogens with one attached hydrogen (secondary N) is 1.